The second-order valence-corrected chi connectivity index (χ2v) is 3.12. The molecule has 0 unspecified atom stereocenters. The van der Waals surface area contributed by atoms with Crippen molar-refractivity contribution >= 4 is 43.9 Å². The Hall–Kier alpha value is -1.12. The Morgan fingerprint density at radius 2 is 1.58 bits per heavy atom. The number of nitrogen functional groups attached to an aromatic ring is 3. The van der Waals surface area contributed by atoms with Crippen molar-refractivity contribution in [2.45, 2.75) is 0 Å². The highest BCUT2D eigenvalue weighted by Gasteiger charge is 2.10. The van der Waals surface area contributed by atoms with Gasteiger partial charge in [0.15, 0.2) is 0 Å². The van der Waals surface area contributed by atoms with Gasteiger partial charge in [-0.2, -0.15) is 9.97 Å². The Balaban J connectivity index is 3.38. The summed E-state index contributed by atoms with van der Waals surface area (Å²) in [6.45, 7) is 0. The van der Waals surface area contributed by atoms with Crippen molar-refractivity contribution in [3.8, 4) is 0 Å². The minimum absolute atomic E-state index is 0.0198. The van der Waals surface area contributed by atoms with Crippen LogP contribution < -0.4 is 17.2 Å². The molecular weight excluding hydrogens is 271 g/mol. The van der Waals surface area contributed by atoms with E-state index in [1.807, 2.05) is 0 Å². The number of nitrogens with one attached hydrogen (secondary N) is 1. The zero-order chi connectivity index (χ0) is 9.30. The summed E-state index contributed by atoms with van der Waals surface area (Å²) in [5.74, 6) is 0.296. The molecule has 0 aliphatic carbocycles. The molecule has 0 aliphatic heterocycles. The second-order valence-electron chi connectivity index (χ2n) is 2.04. The minimum atomic E-state index is 0.0198. The lowest BCUT2D eigenvalue weighted by atomic mass is 10.3. The van der Waals surface area contributed by atoms with Gasteiger partial charge in [-0.3, -0.25) is 5.41 Å². The second kappa shape index (κ2) is 3.09. The maximum Gasteiger partial charge on any atom is 0.223 e. The number of halogens is 1. The van der Waals surface area contributed by atoms with Crippen LogP contribution in [0.2, 0.25) is 0 Å². The van der Waals surface area contributed by atoms with Crippen molar-refractivity contribution < 1.29 is 0 Å². The molecule has 0 saturated heterocycles. The number of nitrogens with zero attached hydrogens (tertiary/aromatic N) is 2. The van der Waals surface area contributed by atoms with E-state index in [0.717, 1.165) is 0 Å². The number of hydrogen-bond acceptors (Lipinski definition) is 6. The lowest BCUT2D eigenvalue weighted by Gasteiger charge is -2.04. The highest BCUT2D eigenvalue weighted by molar-refractivity contribution is 14.1. The molecule has 7 N–H and O–H groups in total. The van der Waals surface area contributed by atoms with Gasteiger partial charge in [0.05, 0.1) is 5.56 Å². The van der Waals surface area contributed by atoms with Crippen molar-refractivity contribution in [2.24, 2.45) is 0 Å². The van der Waals surface area contributed by atoms with Gasteiger partial charge in [-0.15, -0.1) is 0 Å². The fraction of sp³-hybridized carbons (Fsp3) is 0. The maximum atomic E-state index is 7.29. The summed E-state index contributed by atoms with van der Waals surface area (Å²) in [5, 5.41) is 7.29. The molecule has 0 aliphatic rings. The van der Waals surface area contributed by atoms with E-state index < -0.39 is 0 Å². The number of rotatable bonds is 1. The molecule has 0 bridgehead atoms. The van der Waals surface area contributed by atoms with E-state index in [9.17, 15) is 0 Å². The molecule has 1 rings (SSSR count). The SMILES string of the molecule is N=C(I)c1c(N)nc(N)nc1N. The van der Waals surface area contributed by atoms with Crippen LogP contribution in [-0.4, -0.2) is 13.7 Å². The van der Waals surface area contributed by atoms with Crippen molar-refractivity contribution in [2.75, 3.05) is 17.2 Å². The Bertz CT molecular complexity index is 312. The van der Waals surface area contributed by atoms with Crippen molar-refractivity contribution in [3.63, 3.8) is 0 Å². The zero-order valence-electron chi connectivity index (χ0n) is 6.00. The van der Waals surface area contributed by atoms with Crippen LogP contribution in [0.1, 0.15) is 5.56 Å². The van der Waals surface area contributed by atoms with Gasteiger partial charge in [0.2, 0.25) is 5.95 Å². The minimum Gasteiger partial charge on any atom is -0.383 e. The summed E-state index contributed by atoms with van der Waals surface area (Å²) in [6.07, 6.45) is 0. The molecule has 7 heteroatoms. The summed E-state index contributed by atoms with van der Waals surface area (Å²) in [6, 6.07) is 0. The quantitative estimate of drug-likeness (QED) is 0.424. The van der Waals surface area contributed by atoms with Gasteiger partial charge in [0, 0.05) is 0 Å². The fourth-order valence-corrected chi connectivity index (χ4v) is 1.29. The summed E-state index contributed by atoms with van der Waals surface area (Å²) in [5.41, 5.74) is 16.5. The van der Waals surface area contributed by atoms with E-state index in [2.05, 4.69) is 9.97 Å². The average molecular weight is 278 g/mol. The molecule has 64 valence electrons. The Morgan fingerprint density at radius 3 is 1.92 bits per heavy atom. The maximum absolute atomic E-state index is 7.29. The van der Waals surface area contributed by atoms with Crippen LogP contribution >= 0.6 is 22.6 Å². The third-order valence-electron chi connectivity index (χ3n) is 1.20. The molecule has 1 aromatic rings. The molecule has 0 fully saturated rings. The lowest BCUT2D eigenvalue weighted by Crippen LogP contribution is -2.10. The summed E-state index contributed by atoms with van der Waals surface area (Å²) >= 11 is 1.77. The molecule has 0 spiro atoms. The van der Waals surface area contributed by atoms with Crippen LogP contribution in [0.15, 0.2) is 0 Å². The number of hydrogen-bond donors (Lipinski definition) is 4. The summed E-state index contributed by atoms with van der Waals surface area (Å²) in [7, 11) is 0. The monoisotopic (exact) mass is 278 g/mol. The van der Waals surface area contributed by atoms with Crippen LogP contribution in [0.25, 0.3) is 0 Å². The van der Waals surface area contributed by atoms with Crippen molar-refractivity contribution in [1.29, 1.82) is 5.41 Å². The molecule has 1 aromatic heterocycles. The van der Waals surface area contributed by atoms with E-state index in [1.54, 1.807) is 22.6 Å². The molecule has 1 heterocycles. The Kier molecular flexibility index (Phi) is 2.31. The molecule has 0 radical (unpaired) electrons. The van der Waals surface area contributed by atoms with Crippen LogP contribution in [0.3, 0.4) is 0 Å². The molecule has 0 saturated carbocycles. The number of anilines is 3. The highest BCUT2D eigenvalue weighted by Crippen LogP contribution is 2.19. The van der Waals surface area contributed by atoms with E-state index >= 15 is 0 Å². The predicted molar refractivity (Wildman–Crippen MR) is 56.1 cm³/mol. The first-order valence-electron chi connectivity index (χ1n) is 2.95. The molecule has 6 nitrogen and oxygen atoms in total. The van der Waals surface area contributed by atoms with Gasteiger partial charge in [0.25, 0.3) is 0 Å². The van der Waals surface area contributed by atoms with Gasteiger partial charge in [-0.1, -0.05) is 0 Å². The third-order valence-corrected chi connectivity index (χ3v) is 1.74. The molecule has 12 heavy (non-hydrogen) atoms. The first-order chi connectivity index (χ1) is 5.52. The topological polar surface area (TPSA) is 128 Å². The normalized spacial score (nSPS) is 9.75. The largest absolute Gasteiger partial charge is 0.383 e. The van der Waals surface area contributed by atoms with Gasteiger partial charge >= 0.3 is 0 Å². The van der Waals surface area contributed by atoms with Gasteiger partial charge in [0.1, 0.15) is 15.4 Å². The molecule has 0 amide bonds. The van der Waals surface area contributed by atoms with Crippen LogP contribution in [0, 0.1) is 5.41 Å². The fourth-order valence-electron chi connectivity index (χ4n) is 0.740. The van der Waals surface area contributed by atoms with Crippen LogP contribution in [0.5, 0.6) is 0 Å². The van der Waals surface area contributed by atoms with E-state index in [1.165, 1.54) is 0 Å². The smallest absolute Gasteiger partial charge is 0.223 e. The molecular formula is C5H7IN6. The average Bonchev–Trinajstić information content (AvgIpc) is 1.82. The third kappa shape index (κ3) is 1.55. The first-order valence-corrected chi connectivity index (χ1v) is 4.03. The Morgan fingerprint density at radius 1 is 1.17 bits per heavy atom. The van der Waals surface area contributed by atoms with Gasteiger partial charge in [-0.25, -0.2) is 0 Å². The number of nitrogens with two attached hydrogens (primary N) is 3. The molecule has 0 aromatic carbocycles. The predicted octanol–water partition coefficient (Wildman–Crippen LogP) is -0.0164. The first kappa shape index (κ1) is 8.97. The van der Waals surface area contributed by atoms with Crippen molar-refractivity contribution in [1.82, 2.24) is 9.97 Å². The number of aromatic nitrogens is 2. The van der Waals surface area contributed by atoms with Gasteiger partial charge < -0.3 is 17.2 Å². The van der Waals surface area contributed by atoms with E-state index in [-0.39, 0.29) is 21.3 Å². The summed E-state index contributed by atoms with van der Waals surface area (Å²) in [4.78, 5) is 7.35. The van der Waals surface area contributed by atoms with Crippen LogP contribution in [0.4, 0.5) is 17.6 Å². The molecule has 0 atom stereocenters. The zero-order valence-corrected chi connectivity index (χ0v) is 8.16. The highest BCUT2D eigenvalue weighted by atomic mass is 127. The standard InChI is InChI=1S/C5H7IN6/c6-2(7)1-3(8)11-5(10)12-4(1)9/h7H,(H6,8,9,10,11,12). The van der Waals surface area contributed by atoms with Crippen molar-refractivity contribution in [3.05, 3.63) is 5.56 Å². The lowest BCUT2D eigenvalue weighted by molar-refractivity contribution is 1.19. The Labute approximate surface area is 82.2 Å². The van der Waals surface area contributed by atoms with Gasteiger partial charge in [-0.05, 0) is 22.6 Å². The van der Waals surface area contributed by atoms with E-state index in [0.29, 0.717) is 5.56 Å². The summed E-state index contributed by atoms with van der Waals surface area (Å²) < 4.78 is 0.197. The van der Waals surface area contributed by atoms with Crippen LogP contribution in [-0.2, 0) is 0 Å². The van der Waals surface area contributed by atoms with E-state index in [4.69, 9.17) is 22.6 Å².